The lowest BCUT2D eigenvalue weighted by molar-refractivity contribution is 0.102. The average molecular weight is 437 g/mol. The Hall–Kier alpha value is -3.09. The Morgan fingerprint density at radius 3 is 2.58 bits per heavy atom. The van der Waals surface area contributed by atoms with Crippen LogP contribution in [-0.4, -0.2) is 42.0 Å². The minimum absolute atomic E-state index is 0.231. The van der Waals surface area contributed by atoms with Crippen molar-refractivity contribution >= 4 is 28.9 Å². The maximum Gasteiger partial charge on any atom is 0.255 e. The summed E-state index contributed by atoms with van der Waals surface area (Å²) in [5.74, 6) is 0.426. The summed E-state index contributed by atoms with van der Waals surface area (Å²) >= 11 is 6.45. The van der Waals surface area contributed by atoms with Gasteiger partial charge in [0.1, 0.15) is 12.4 Å². The average Bonchev–Trinajstić information content (AvgIpc) is 3.29. The minimum Gasteiger partial charge on any atom is -0.491 e. The van der Waals surface area contributed by atoms with Crippen molar-refractivity contribution in [3.05, 3.63) is 71.4 Å². The van der Waals surface area contributed by atoms with E-state index in [-0.39, 0.29) is 5.91 Å². The Kier molecular flexibility index (Phi) is 6.70. The molecule has 4 rings (SSSR count). The maximum absolute atomic E-state index is 12.5. The SMILES string of the molecule is Nc1ccccc1NC(=O)c1ccc(-c2ncc(OCCN3CCCC3)cc2Cl)cc1. The molecule has 1 aliphatic heterocycles. The summed E-state index contributed by atoms with van der Waals surface area (Å²) in [4.78, 5) is 19.4. The highest BCUT2D eigenvalue weighted by atomic mass is 35.5. The molecule has 160 valence electrons. The molecule has 2 heterocycles. The van der Waals surface area contributed by atoms with Crippen LogP contribution < -0.4 is 15.8 Å². The topological polar surface area (TPSA) is 80.5 Å². The van der Waals surface area contributed by atoms with E-state index in [0.29, 0.717) is 40.0 Å². The highest BCUT2D eigenvalue weighted by Gasteiger charge is 2.13. The van der Waals surface area contributed by atoms with Crippen molar-refractivity contribution in [1.82, 2.24) is 9.88 Å². The molecule has 0 atom stereocenters. The van der Waals surface area contributed by atoms with Gasteiger partial charge in [0.15, 0.2) is 0 Å². The second kappa shape index (κ2) is 9.81. The number of nitrogen functional groups attached to an aromatic ring is 1. The van der Waals surface area contributed by atoms with Crippen LogP contribution in [0.3, 0.4) is 0 Å². The summed E-state index contributed by atoms with van der Waals surface area (Å²) in [6.45, 7) is 3.83. The molecule has 3 aromatic rings. The molecule has 3 N–H and O–H groups in total. The van der Waals surface area contributed by atoms with E-state index in [9.17, 15) is 4.79 Å². The van der Waals surface area contributed by atoms with Crippen molar-refractivity contribution in [2.75, 3.05) is 37.3 Å². The molecule has 1 saturated heterocycles. The van der Waals surface area contributed by atoms with Crippen LogP contribution in [0.4, 0.5) is 11.4 Å². The Labute approximate surface area is 187 Å². The largest absolute Gasteiger partial charge is 0.491 e. The maximum atomic E-state index is 12.5. The number of para-hydroxylation sites is 2. The molecule has 0 radical (unpaired) electrons. The van der Waals surface area contributed by atoms with E-state index in [0.717, 1.165) is 25.2 Å². The Bertz CT molecular complexity index is 1050. The summed E-state index contributed by atoms with van der Waals surface area (Å²) in [6, 6.07) is 16.1. The molecule has 0 saturated carbocycles. The van der Waals surface area contributed by atoms with Gasteiger partial charge in [0.25, 0.3) is 5.91 Å². The zero-order chi connectivity index (χ0) is 21.6. The molecule has 2 aromatic carbocycles. The van der Waals surface area contributed by atoms with Crippen LogP contribution in [0.2, 0.25) is 5.02 Å². The Morgan fingerprint density at radius 1 is 1.13 bits per heavy atom. The number of hydrogen-bond donors (Lipinski definition) is 2. The number of carbonyl (C=O) groups excluding carboxylic acids is 1. The summed E-state index contributed by atoms with van der Waals surface area (Å²) in [6.07, 6.45) is 4.22. The van der Waals surface area contributed by atoms with Gasteiger partial charge in [-0.25, -0.2) is 0 Å². The summed E-state index contributed by atoms with van der Waals surface area (Å²) in [5.41, 5.74) is 8.98. The van der Waals surface area contributed by atoms with Crippen molar-refractivity contribution in [1.29, 1.82) is 0 Å². The Balaban J connectivity index is 1.38. The number of pyridine rings is 1. The number of likely N-dealkylation sites (tertiary alicyclic amines) is 1. The number of nitrogens with zero attached hydrogens (tertiary/aromatic N) is 2. The fourth-order valence-corrected chi connectivity index (χ4v) is 3.86. The third-order valence-corrected chi connectivity index (χ3v) is 5.61. The van der Waals surface area contributed by atoms with Gasteiger partial charge in [-0.05, 0) is 50.2 Å². The number of carbonyl (C=O) groups is 1. The fraction of sp³-hybridized carbons (Fsp3) is 0.250. The number of nitrogens with two attached hydrogens (primary N) is 1. The van der Waals surface area contributed by atoms with Gasteiger partial charge in [0.2, 0.25) is 0 Å². The van der Waals surface area contributed by atoms with E-state index in [4.69, 9.17) is 22.1 Å². The second-order valence-electron chi connectivity index (χ2n) is 7.52. The van der Waals surface area contributed by atoms with Crippen LogP contribution in [0.5, 0.6) is 5.75 Å². The van der Waals surface area contributed by atoms with Crippen molar-refractivity contribution in [2.24, 2.45) is 0 Å². The van der Waals surface area contributed by atoms with Gasteiger partial charge in [-0.3, -0.25) is 14.7 Å². The molecule has 1 aliphatic rings. The summed E-state index contributed by atoms with van der Waals surface area (Å²) < 4.78 is 5.80. The molecular formula is C24H25ClN4O2. The molecule has 0 spiro atoms. The predicted octanol–water partition coefficient (Wildman–Crippen LogP) is 4.71. The third kappa shape index (κ3) is 5.34. The normalized spacial score (nSPS) is 13.8. The monoisotopic (exact) mass is 436 g/mol. The fourth-order valence-electron chi connectivity index (χ4n) is 3.60. The van der Waals surface area contributed by atoms with Crippen LogP contribution in [0.1, 0.15) is 23.2 Å². The number of amides is 1. The zero-order valence-electron chi connectivity index (χ0n) is 17.2. The first-order valence-corrected chi connectivity index (χ1v) is 10.7. The summed E-state index contributed by atoms with van der Waals surface area (Å²) in [7, 11) is 0. The molecule has 0 bridgehead atoms. The van der Waals surface area contributed by atoms with Crippen LogP contribution in [0.25, 0.3) is 11.3 Å². The molecule has 0 aliphatic carbocycles. The smallest absolute Gasteiger partial charge is 0.255 e. The number of ether oxygens (including phenoxy) is 1. The predicted molar refractivity (Wildman–Crippen MR) is 125 cm³/mol. The van der Waals surface area contributed by atoms with Crippen LogP contribution in [0, 0.1) is 0 Å². The van der Waals surface area contributed by atoms with Gasteiger partial charge < -0.3 is 15.8 Å². The van der Waals surface area contributed by atoms with Gasteiger partial charge >= 0.3 is 0 Å². The second-order valence-corrected chi connectivity index (χ2v) is 7.92. The molecule has 1 fully saturated rings. The van der Waals surface area contributed by atoms with E-state index >= 15 is 0 Å². The minimum atomic E-state index is -0.231. The highest BCUT2D eigenvalue weighted by molar-refractivity contribution is 6.33. The number of aromatic nitrogens is 1. The lowest BCUT2D eigenvalue weighted by Crippen LogP contribution is -2.25. The van der Waals surface area contributed by atoms with Crippen molar-refractivity contribution in [3.63, 3.8) is 0 Å². The van der Waals surface area contributed by atoms with Gasteiger partial charge in [0, 0.05) is 23.7 Å². The molecule has 1 aromatic heterocycles. The van der Waals surface area contributed by atoms with Crippen LogP contribution >= 0.6 is 11.6 Å². The zero-order valence-corrected chi connectivity index (χ0v) is 17.9. The molecule has 0 unspecified atom stereocenters. The third-order valence-electron chi connectivity index (χ3n) is 5.32. The Morgan fingerprint density at radius 2 is 1.87 bits per heavy atom. The van der Waals surface area contributed by atoms with Crippen LogP contribution in [-0.2, 0) is 0 Å². The number of nitrogens with one attached hydrogen (secondary N) is 1. The first-order valence-electron chi connectivity index (χ1n) is 10.4. The van der Waals surface area contributed by atoms with Crippen molar-refractivity contribution in [2.45, 2.75) is 12.8 Å². The number of benzene rings is 2. The van der Waals surface area contributed by atoms with E-state index < -0.39 is 0 Å². The van der Waals surface area contributed by atoms with Gasteiger partial charge in [0.05, 0.1) is 28.3 Å². The first-order chi connectivity index (χ1) is 15.1. The highest BCUT2D eigenvalue weighted by Crippen LogP contribution is 2.29. The quantitative estimate of drug-likeness (QED) is 0.524. The number of hydrogen-bond acceptors (Lipinski definition) is 5. The van der Waals surface area contributed by atoms with E-state index in [2.05, 4.69) is 15.2 Å². The number of anilines is 2. The van der Waals surface area contributed by atoms with Crippen molar-refractivity contribution in [3.8, 4) is 17.0 Å². The summed E-state index contributed by atoms with van der Waals surface area (Å²) in [5, 5.41) is 3.33. The lowest BCUT2D eigenvalue weighted by atomic mass is 10.1. The van der Waals surface area contributed by atoms with Gasteiger partial charge in [-0.15, -0.1) is 0 Å². The lowest BCUT2D eigenvalue weighted by Gasteiger charge is -2.15. The molecular weight excluding hydrogens is 412 g/mol. The molecule has 31 heavy (non-hydrogen) atoms. The van der Waals surface area contributed by atoms with Gasteiger partial charge in [-0.2, -0.15) is 0 Å². The van der Waals surface area contributed by atoms with Crippen LogP contribution in [0.15, 0.2) is 60.8 Å². The van der Waals surface area contributed by atoms with Crippen molar-refractivity contribution < 1.29 is 9.53 Å². The molecule has 1 amide bonds. The van der Waals surface area contributed by atoms with E-state index in [1.54, 1.807) is 36.5 Å². The number of halogens is 1. The standard InChI is InChI=1S/C24H25ClN4O2/c25-20-15-19(31-14-13-29-11-3-4-12-29)16-27-23(20)17-7-9-18(10-8-17)24(30)28-22-6-2-1-5-21(22)26/h1-2,5-10,15-16H,3-4,11-14,26H2,(H,28,30). The van der Waals surface area contributed by atoms with E-state index in [1.807, 2.05) is 24.3 Å². The number of rotatable bonds is 7. The van der Waals surface area contributed by atoms with Gasteiger partial charge in [-0.1, -0.05) is 35.9 Å². The molecule has 6 nitrogen and oxygen atoms in total. The first kappa shape index (κ1) is 21.2. The molecule has 7 heteroatoms. The van der Waals surface area contributed by atoms with E-state index in [1.165, 1.54) is 12.8 Å².